The van der Waals surface area contributed by atoms with Crippen LogP contribution in [0, 0.1) is 0 Å². The molecule has 1 aromatic heterocycles. The molecule has 0 aliphatic carbocycles. The van der Waals surface area contributed by atoms with Gasteiger partial charge in [-0.15, -0.1) is 0 Å². The Morgan fingerprint density at radius 3 is 2.78 bits per heavy atom. The number of carbonyl (C=O) groups is 2. The summed E-state index contributed by atoms with van der Waals surface area (Å²) >= 11 is 0. The first kappa shape index (κ1) is 15.6. The SMILES string of the molecule is CC(C)(C)N1CC(NC(=O)Cc2c[nH]c3ccccc23)CC1=O. The molecule has 2 N–H and O–H groups in total. The van der Waals surface area contributed by atoms with Crippen LogP contribution in [0.4, 0.5) is 0 Å². The number of fused-ring (bicyclic) bond motifs is 1. The third-order valence-corrected chi connectivity index (χ3v) is 4.33. The smallest absolute Gasteiger partial charge is 0.225 e. The van der Waals surface area contributed by atoms with Crippen molar-refractivity contribution < 1.29 is 9.59 Å². The Hall–Kier alpha value is -2.30. The Bertz CT molecular complexity index is 742. The second kappa shape index (κ2) is 5.72. The van der Waals surface area contributed by atoms with Crippen molar-refractivity contribution in [2.24, 2.45) is 0 Å². The first-order chi connectivity index (χ1) is 10.8. The number of para-hydroxylation sites is 1. The normalized spacial score (nSPS) is 18.7. The van der Waals surface area contributed by atoms with Crippen LogP contribution in [0.5, 0.6) is 0 Å². The van der Waals surface area contributed by atoms with Gasteiger partial charge in [0.2, 0.25) is 11.8 Å². The zero-order valence-electron chi connectivity index (χ0n) is 13.8. The highest BCUT2D eigenvalue weighted by Gasteiger charge is 2.36. The zero-order valence-corrected chi connectivity index (χ0v) is 13.8. The lowest BCUT2D eigenvalue weighted by atomic mass is 10.1. The summed E-state index contributed by atoms with van der Waals surface area (Å²) in [7, 11) is 0. The molecule has 1 aliphatic heterocycles. The van der Waals surface area contributed by atoms with E-state index >= 15 is 0 Å². The van der Waals surface area contributed by atoms with Crippen molar-refractivity contribution in [1.29, 1.82) is 0 Å². The van der Waals surface area contributed by atoms with Crippen molar-refractivity contribution in [3.05, 3.63) is 36.0 Å². The number of nitrogens with one attached hydrogen (secondary N) is 2. The van der Waals surface area contributed by atoms with Crippen molar-refractivity contribution in [2.75, 3.05) is 6.54 Å². The molecule has 0 saturated carbocycles. The molecular weight excluding hydrogens is 290 g/mol. The van der Waals surface area contributed by atoms with E-state index in [1.807, 2.05) is 56.1 Å². The molecule has 0 bridgehead atoms. The maximum absolute atomic E-state index is 12.3. The summed E-state index contributed by atoms with van der Waals surface area (Å²) in [5.74, 6) is 0.0678. The van der Waals surface area contributed by atoms with E-state index in [2.05, 4.69) is 10.3 Å². The van der Waals surface area contributed by atoms with Crippen molar-refractivity contribution in [3.63, 3.8) is 0 Å². The van der Waals surface area contributed by atoms with E-state index in [0.717, 1.165) is 16.5 Å². The average Bonchev–Trinajstić information content (AvgIpc) is 3.03. The minimum Gasteiger partial charge on any atom is -0.361 e. The van der Waals surface area contributed by atoms with E-state index in [1.54, 1.807) is 0 Å². The first-order valence-corrected chi connectivity index (χ1v) is 7.99. The standard InChI is InChI=1S/C18H23N3O2/c1-18(2,3)21-11-13(9-17(21)23)20-16(22)8-12-10-19-15-7-5-4-6-14(12)15/h4-7,10,13,19H,8-9,11H2,1-3H3,(H,20,22). The summed E-state index contributed by atoms with van der Waals surface area (Å²) in [6.07, 6.45) is 2.59. The number of aromatic nitrogens is 1. The molecule has 2 heterocycles. The van der Waals surface area contributed by atoms with Gasteiger partial charge in [-0.25, -0.2) is 0 Å². The minimum atomic E-state index is -0.201. The second-order valence-electron chi connectivity index (χ2n) is 7.18. The van der Waals surface area contributed by atoms with E-state index in [9.17, 15) is 9.59 Å². The number of aromatic amines is 1. The fraction of sp³-hybridized carbons (Fsp3) is 0.444. The highest BCUT2D eigenvalue weighted by molar-refractivity contribution is 5.89. The van der Waals surface area contributed by atoms with Crippen molar-refractivity contribution in [2.45, 2.75) is 45.2 Å². The average molecular weight is 313 g/mol. The molecule has 1 fully saturated rings. The lowest BCUT2D eigenvalue weighted by Gasteiger charge is -2.32. The minimum absolute atomic E-state index is 0.0386. The highest BCUT2D eigenvalue weighted by Crippen LogP contribution is 2.22. The molecule has 0 radical (unpaired) electrons. The zero-order chi connectivity index (χ0) is 16.6. The van der Waals surface area contributed by atoms with E-state index < -0.39 is 0 Å². The molecular formula is C18H23N3O2. The Kier molecular flexibility index (Phi) is 3.88. The van der Waals surface area contributed by atoms with Gasteiger partial charge in [-0.05, 0) is 32.4 Å². The van der Waals surface area contributed by atoms with E-state index in [-0.39, 0.29) is 23.4 Å². The van der Waals surface area contributed by atoms with Gasteiger partial charge < -0.3 is 15.2 Å². The summed E-state index contributed by atoms with van der Waals surface area (Å²) in [5, 5.41) is 4.07. The fourth-order valence-electron chi connectivity index (χ4n) is 3.18. The number of hydrogen-bond donors (Lipinski definition) is 2. The fourth-order valence-corrected chi connectivity index (χ4v) is 3.18. The number of H-pyrrole nitrogens is 1. The second-order valence-corrected chi connectivity index (χ2v) is 7.18. The van der Waals surface area contributed by atoms with Crippen LogP contribution in [0.15, 0.2) is 30.5 Å². The quantitative estimate of drug-likeness (QED) is 0.912. The third kappa shape index (κ3) is 3.23. The molecule has 1 aliphatic rings. The Labute approximate surface area is 136 Å². The molecule has 2 aromatic rings. The largest absolute Gasteiger partial charge is 0.361 e. The summed E-state index contributed by atoms with van der Waals surface area (Å²) in [6.45, 7) is 6.63. The molecule has 3 rings (SSSR count). The maximum atomic E-state index is 12.3. The van der Waals surface area contributed by atoms with E-state index in [4.69, 9.17) is 0 Å². The van der Waals surface area contributed by atoms with Crippen molar-refractivity contribution in [3.8, 4) is 0 Å². The number of amides is 2. The van der Waals surface area contributed by atoms with E-state index in [1.165, 1.54) is 0 Å². The molecule has 1 saturated heterocycles. The summed E-state index contributed by atoms with van der Waals surface area (Å²) in [5.41, 5.74) is 1.81. The molecule has 1 atom stereocenters. The predicted molar refractivity (Wildman–Crippen MR) is 90.0 cm³/mol. The number of benzene rings is 1. The molecule has 5 heteroatoms. The van der Waals surface area contributed by atoms with Gasteiger partial charge in [0.1, 0.15) is 0 Å². The van der Waals surface area contributed by atoms with Crippen molar-refractivity contribution >= 4 is 22.7 Å². The number of hydrogen-bond acceptors (Lipinski definition) is 2. The Morgan fingerprint density at radius 2 is 2.09 bits per heavy atom. The number of nitrogens with zero attached hydrogens (tertiary/aromatic N) is 1. The monoisotopic (exact) mass is 313 g/mol. The molecule has 2 amide bonds. The van der Waals surface area contributed by atoms with Gasteiger partial charge in [-0.3, -0.25) is 9.59 Å². The van der Waals surface area contributed by atoms with Gasteiger partial charge in [0.15, 0.2) is 0 Å². The number of carbonyl (C=O) groups excluding carboxylic acids is 2. The van der Waals surface area contributed by atoms with Crippen LogP contribution in [0.3, 0.4) is 0 Å². The van der Waals surface area contributed by atoms with Crippen LogP contribution in [0.25, 0.3) is 10.9 Å². The van der Waals surface area contributed by atoms with Gasteiger partial charge in [-0.1, -0.05) is 18.2 Å². The molecule has 1 aromatic carbocycles. The molecule has 23 heavy (non-hydrogen) atoms. The van der Waals surface area contributed by atoms with Gasteiger partial charge in [-0.2, -0.15) is 0 Å². The van der Waals surface area contributed by atoms with Gasteiger partial charge in [0, 0.05) is 35.6 Å². The van der Waals surface area contributed by atoms with Crippen LogP contribution in [-0.4, -0.2) is 39.8 Å². The van der Waals surface area contributed by atoms with Crippen molar-refractivity contribution in [1.82, 2.24) is 15.2 Å². The van der Waals surface area contributed by atoms with Crippen LogP contribution in [0.2, 0.25) is 0 Å². The molecule has 0 spiro atoms. The van der Waals surface area contributed by atoms with Crippen LogP contribution >= 0.6 is 0 Å². The van der Waals surface area contributed by atoms with Gasteiger partial charge >= 0.3 is 0 Å². The molecule has 1 unspecified atom stereocenters. The lowest BCUT2D eigenvalue weighted by molar-refractivity contribution is -0.131. The van der Waals surface area contributed by atoms with Crippen LogP contribution in [-0.2, 0) is 16.0 Å². The van der Waals surface area contributed by atoms with Crippen LogP contribution < -0.4 is 5.32 Å². The molecule has 122 valence electrons. The Morgan fingerprint density at radius 1 is 1.35 bits per heavy atom. The predicted octanol–water partition coefficient (Wildman–Crippen LogP) is 2.23. The van der Waals surface area contributed by atoms with Crippen LogP contribution in [0.1, 0.15) is 32.8 Å². The molecule has 5 nitrogen and oxygen atoms in total. The van der Waals surface area contributed by atoms with E-state index in [0.29, 0.717) is 19.4 Å². The third-order valence-electron chi connectivity index (χ3n) is 4.33. The highest BCUT2D eigenvalue weighted by atomic mass is 16.2. The van der Waals surface area contributed by atoms with Gasteiger partial charge in [0.05, 0.1) is 12.5 Å². The first-order valence-electron chi connectivity index (χ1n) is 7.99. The topological polar surface area (TPSA) is 65.2 Å². The summed E-state index contributed by atoms with van der Waals surface area (Å²) in [4.78, 5) is 29.4. The summed E-state index contributed by atoms with van der Waals surface area (Å²) < 4.78 is 0. The number of rotatable bonds is 3. The number of likely N-dealkylation sites (tertiary alicyclic amines) is 1. The maximum Gasteiger partial charge on any atom is 0.225 e. The summed E-state index contributed by atoms with van der Waals surface area (Å²) in [6, 6.07) is 7.84. The lowest BCUT2D eigenvalue weighted by Crippen LogP contribution is -2.44. The Balaban J connectivity index is 1.63. The van der Waals surface area contributed by atoms with Gasteiger partial charge in [0.25, 0.3) is 0 Å².